The molecule has 21 heavy (non-hydrogen) atoms. The van der Waals surface area contributed by atoms with Crippen LogP contribution in [-0.2, 0) is 4.79 Å². The molecule has 1 amide bonds. The SMILES string of the molecule is N#Cc1ccc(Br)cc1NC(=O)CC1CC2CCC(C1)N2. The Kier molecular flexibility index (Phi) is 4.27. The number of nitriles is 1. The maximum absolute atomic E-state index is 12.2. The maximum atomic E-state index is 12.2. The van der Waals surface area contributed by atoms with Gasteiger partial charge in [0.25, 0.3) is 0 Å². The van der Waals surface area contributed by atoms with E-state index in [1.807, 2.05) is 0 Å². The molecule has 1 aromatic carbocycles. The number of carbonyl (C=O) groups excluding carboxylic acids is 1. The average molecular weight is 348 g/mol. The number of halogens is 1. The van der Waals surface area contributed by atoms with Gasteiger partial charge in [0.2, 0.25) is 5.91 Å². The van der Waals surface area contributed by atoms with Crippen LogP contribution in [0.4, 0.5) is 5.69 Å². The van der Waals surface area contributed by atoms with Crippen LogP contribution in [0.1, 0.15) is 37.7 Å². The van der Waals surface area contributed by atoms with Crippen molar-refractivity contribution in [3.05, 3.63) is 28.2 Å². The lowest BCUT2D eigenvalue weighted by Gasteiger charge is -2.28. The number of piperidine rings is 1. The summed E-state index contributed by atoms with van der Waals surface area (Å²) in [6.07, 6.45) is 5.22. The minimum Gasteiger partial charge on any atom is -0.325 e. The predicted octanol–water partition coefficient (Wildman–Crippen LogP) is 3.18. The Hall–Kier alpha value is -1.38. The lowest BCUT2D eigenvalue weighted by Crippen LogP contribution is -2.39. The molecule has 2 atom stereocenters. The molecule has 2 unspecified atom stereocenters. The van der Waals surface area contributed by atoms with E-state index in [0.717, 1.165) is 17.3 Å². The summed E-state index contributed by atoms with van der Waals surface area (Å²) < 4.78 is 0.858. The number of anilines is 1. The van der Waals surface area contributed by atoms with Gasteiger partial charge in [0, 0.05) is 23.0 Å². The normalized spacial score (nSPS) is 27.1. The van der Waals surface area contributed by atoms with Crippen LogP contribution in [0.5, 0.6) is 0 Å². The quantitative estimate of drug-likeness (QED) is 0.882. The molecule has 0 aliphatic carbocycles. The van der Waals surface area contributed by atoms with E-state index < -0.39 is 0 Å². The molecule has 0 aromatic heterocycles. The summed E-state index contributed by atoms with van der Waals surface area (Å²) in [4.78, 5) is 12.2. The molecule has 2 heterocycles. The van der Waals surface area contributed by atoms with E-state index in [4.69, 9.17) is 5.26 Å². The zero-order chi connectivity index (χ0) is 14.8. The minimum absolute atomic E-state index is 0.0101. The van der Waals surface area contributed by atoms with Crippen molar-refractivity contribution in [2.75, 3.05) is 5.32 Å². The van der Waals surface area contributed by atoms with Crippen LogP contribution in [0.25, 0.3) is 0 Å². The van der Waals surface area contributed by atoms with Crippen LogP contribution < -0.4 is 10.6 Å². The molecule has 2 aliphatic heterocycles. The lowest BCUT2D eigenvalue weighted by molar-refractivity contribution is -0.117. The molecular weight excluding hydrogens is 330 g/mol. The fraction of sp³-hybridized carbons (Fsp3) is 0.500. The Labute approximate surface area is 133 Å². The highest BCUT2D eigenvalue weighted by molar-refractivity contribution is 9.10. The van der Waals surface area contributed by atoms with Gasteiger partial charge in [-0.3, -0.25) is 4.79 Å². The van der Waals surface area contributed by atoms with E-state index in [0.29, 0.717) is 35.7 Å². The van der Waals surface area contributed by atoms with Crippen molar-refractivity contribution in [3.63, 3.8) is 0 Å². The Bertz CT molecular complexity index is 584. The summed E-state index contributed by atoms with van der Waals surface area (Å²) in [5, 5.41) is 15.6. The second kappa shape index (κ2) is 6.17. The smallest absolute Gasteiger partial charge is 0.224 e. The van der Waals surface area contributed by atoms with Crippen LogP contribution in [-0.4, -0.2) is 18.0 Å². The number of rotatable bonds is 3. The molecular formula is C16H18BrN3O. The van der Waals surface area contributed by atoms with Crippen LogP contribution in [0.2, 0.25) is 0 Å². The summed E-state index contributed by atoms with van der Waals surface area (Å²) in [7, 11) is 0. The summed E-state index contributed by atoms with van der Waals surface area (Å²) in [5.74, 6) is 0.470. The van der Waals surface area contributed by atoms with Gasteiger partial charge in [-0.25, -0.2) is 0 Å². The fourth-order valence-electron chi connectivity index (χ4n) is 3.52. The first-order chi connectivity index (χ1) is 10.1. The van der Waals surface area contributed by atoms with Crippen LogP contribution in [0, 0.1) is 17.2 Å². The molecule has 1 aromatic rings. The second-order valence-electron chi connectivity index (χ2n) is 6.03. The van der Waals surface area contributed by atoms with Crippen molar-refractivity contribution in [2.45, 2.75) is 44.2 Å². The lowest BCUT2D eigenvalue weighted by atomic mass is 9.89. The number of carbonyl (C=O) groups is 1. The van der Waals surface area contributed by atoms with Gasteiger partial charge in [0.05, 0.1) is 11.3 Å². The zero-order valence-corrected chi connectivity index (χ0v) is 13.3. The summed E-state index contributed by atoms with van der Waals surface area (Å²) in [6, 6.07) is 8.61. The van der Waals surface area contributed by atoms with Crippen LogP contribution >= 0.6 is 15.9 Å². The van der Waals surface area contributed by atoms with E-state index in [9.17, 15) is 4.79 Å². The van der Waals surface area contributed by atoms with Crippen molar-refractivity contribution in [3.8, 4) is 6.07 Å². The van der Waals surface area contributed by atoms with Gasteiger partial charge in [-0.05, 0) is 49.8 Å². The van der Waals surface area contributed by atoms with E-state index in [-0.39, 0.29) is 5.91 Å². The van der Waals surface area contributed by atoms with Crippen LogP contribution in [0.3, 0.4) is 0 Å². The van der Waals surface area contributed by atoms with Crippen molar-refractivity contribution in [2.24, 2.45) is 5.92 Å². The fourth-order valence-corrected chi connectivity index (χ4v) is 3.88. The molecule has 2 bridgehead atoms. The molecule has 2 aliphatic rings. The molecule has 0 radical (unpaired) electrons. The van der Waals surface area contributed by atoms with E-state index in [2.05, 4.69) is 32.6 Å². The maximum Gasteiger partial charge on any atom is 0.224 e. The van der Waals surface area contributed by atoms with Crippen molar-refractivity contribution in [1.29, 1.82) is 5.26 Å². The summed E-state index contributed by atoms with van der Waals surface area (Å²) >= 11 is 3.37. The number of nitrogens with one attached hydrogen (secondary N) is 2. The highest BCUT2D eigenvalue weighted by Crippen LogP contribution is 2.33. The molecule has 5 heteroatoms. The second-order valence-corrected chi connectivity index (χ2v) is 6.94. The number of benzene rings is 1. The topological polar surface area (TPSA) is 64.9 Å². The van der Waals surface area contributed by atoms with E-state index in [1.54, 1.807) is 18.2 Å². The standard InChI is InChI=1S/C16H18BrN3O/c17-12-2-1-11(9-18)15(8-12)20-16(21)7-10-5-13-3-4-14(6-10)19-13/h1-2,8,10,13-14,19H,3-7H2,(H,20,21). The molecule has 2 fully saturated rings. The van der Waals surface area contributed by atoms with Gasteiger partial charge in [-0.1, -0.05) is 15.9 Å². The number of fused-ring (bicyclic) bond motifs is 2. The zero-order valence-electron chi connectivity index (χ0n) is 11.7. The predicted molar refractivity (Wildman–Crippen MR) is 84.8 cm³/mol. The van der Waals surface area contributed by atoms with Gasteiger partial charge in [0.1, 0.15) is 6.07 Å². The Morgan fingerprint density at radius 1 is 1.38 bits per heavy atom. The Morgan fingerprint density at radius 2 is 2.10 bits per heavy atom. The summed E-state index contributed by atoms with van der Waals surface area (Å²) in [5.41, 5.74) is 1.09. The number of hydrogen-bond donors (Lipinski definition) is 2. The highest BCUT2D eigenvalue weighted by atomic mass is 79.9. The third-order valence-corrected chi connectivity index (χ3v) is 4.91. The number of amides is 1. The van der Waals surface area contributed by atoms with Crippen molar-refractivity contribution in [1.82, 2.24) is 5.32 Å². The van der Waals surface area contributed by atoms with E-state index >= 15 is 0 Å². The summed E-state index contributed by atoms with van der Waals surface area (Å²) in [6.45, 7) is 0. The minimum atomic E-state index is 0.0101. The first kappa shape index (κ1) is 14.6. The number of hydrogen-bond acceptors (Lipinski definition) is 3. The molecule has 0 spiro atoms. The monoisotopic (exact) mass is 347 g/mol. The molecule has 2 saturated heterocycles. The van der Waals surface area contributed by atoms with Gasteiger partial charge in [0.15, 0.2) is 0 Å². The van der Waals surface area contributed by atoms with Crippen molar-refractivity contribution >= 4 is 27.5 Å². The Balaban J connectivity index is 1.62. The first-order valence-electron chi connectivity index (χ1n) is 7.39. The van der Waals surface area contributed by atoms with E-state index in [1.165, 1.54) is 12.8 Å². The van der Waals surface area contributed by atoms with Gasteiger partial charge < -0.3 is 10.6 Å². The van der Waals surface area contributed by atoms with Gasteiger partial charge in [-0.2, -0.15) is 5.26 Å². The van der Waals surface area contributed by atoms with Gasteiger partial charge in [-0.15, -0.1) is 0 Å². The van der Waals surface area contributed by atoms with Gasteiger partial charge >= 0.3 is 0 Å². The van der Waals surface area contributed by atoms with Crippen molar-refractivity contribution < 1.29 is 4.79 Å². The highest BCUT2D eigenvalue weighted by Gasteiger charge is 2.34. The number of nitrogens with zero attached hydrogens (tertiary/aromatic N) is 1. The molecule has 4 nitrogen and oxygen atoms in total. The van der Waals surface area contributed by atoms with Crippen LogP contribution in [0.15, 0.2) is 22.7 Å². The first-order valence-corrected chi connectivity index (χ1v) is 8.19. The average Bonchev–Trinajstić information content (AvgIpc) is 2.78. The Morgan fingerprint density at radius 3 is 2.76 bits per heavy atom. The third kappa shape index (κ3) is 3.45. The molecule has 2 N–H and O–H groups in total. The third-order valence-electron chi connectivity index (χ3n) is 4.42. The molecule has 3 rings (SSSR count). The largest absolute Gasteiger partial charge is 0.325 e. The molecule has 110 valence electrons. The molecule has 0 saturated carbocycles.